The van der Waals surface area contributed by atoms with Gasteiger partial charge in [0.25, 0.3) is 0 Å². The summed E-state index contributed by atoms with van der Waals surface area (Å²) in [6.45, 7) is 3.77. The maximum absolute atomic E-state index is 5.63. The molecule has 1 heterocycles. The number of rotatable bonds is 5. The van der Waals surface area contributed by atoms with Crippen molar-refractivity contribution in [1.29, 1.82) is 0 Å². The van der Waals surface area contributed by atoms with Crippen LogP contribution in [0.25, 0.3) is 0 Å². The molecule has 1 aliphatic carbocycles. The fraction of sp³-hybridized carbons (Fsp3) is 0.692. The zero-order valence-corrected chi connectivity index (χ0v) is 10.6. The van der Waals surface area contributed by atoms with Crippen LogP contribution in [0.5, 0.6) is 0 Å². The highest BCUT2D eigenvalue weighted by Crippen LogP contribution is 2.28. The van der Waals surface area contributed by atoms with E-state index in [9.17, 15) is 0 Å². The van der Waals surface area contributed by atoms with Crippen LogP contribution in [0, 0.1) is 6.92 Å². The largest absolute Gasteiger partial charge is 0.352 e. The Kier molecular flexibility index (Phi) is 4.31. The van der Waals surface area contributed by atoms with Crippen LogP contribution >= 0.6 is 0 Å². The minimum absolute atomic E-state index is 0.636. The molecule has 0 aromatic carbocycles. The Hall–Kier alpha value is -1.16. The SMILES string of the molecule is Cc1nccnc1N(CCCN)C1CCCC1. The van der Waals surface area contributed by atoms with Crippen molar-refractivity contribution in [2.24, 2.45) is 5.73 Å². The summed E-state index contributed by atoms with van der Waals surface area (Å²) in [4.78, 5) is 11.3. The maximum atomic E-state index is 5.63. The van der Waals surface area contributed by atoms with Crippen LogP contribution < -0.4 is 10.6 Å². The second-order valence-electron chi connectivity index (χ2n) is 4.74. The summed E-state index contributed by atoms with van der Waals surface area (Å²) < 4.78 is 0. The molecule has 0 unspecified atom stereocenters. The Bertz CT molecular complexity index is 347. The highest BCUT2D eigenvalue weighted by Gasteiger charge is 2.24. The molecule has 1 saturated carbocycles. The van der Waals surface area contributed by atoms with E-state index in [0.29, 0.717) is 6.04 Å². The van der Waals surface area contributed by atoms with Crippen LogP contribution in [0.3, 0.4) is 0 Å². The topological polar surface area (TPSA) is 55.0 Å². The highest BCUT2D eigenvalue weighted by atomic mass is 15.2. The summed E-state index contributed by atoms with van der Waals surface area (Å²) >= 11 is 0. The first-order chi connectivity index (χ1) is 8.33. The summed E-state index contributed by atoms with van der Waals surface area (Å²) in [6.07, 6.45) is 9.79. The van der Waals surface area contributed by atoms with Gasteiger partial charge in [-0.2, -0.15) is 0 Å². The number of hydrogen-bond donors (Lipinski definition) is 1. The average molecular weight is 234 g/mol. The van der Waals surface area contributed by atoms with Crippen molar-refractivity contribution in [2.45, 2.75) is 45.1 Å². The lowest BCUT2D eigenvalue weighted by atomic mass is 10.2. The lowest BCUT2D eigenvalue weighted by Crippen LogP contribution is -2.36. The van der Waals surface area contributed by atoms with Crippen LogP contribution in [-0.2, 0) is 0 Å². The molecule has 1 aliphatic rings. The maximum Gasteiger partial charge on any atom is 0.150 e. The lowest BCUT2D eigenvalue weighted by Gasteiger charge is -2.30. The summed E-state index contributed by atoms with van der Waals surface area (Å²) in [6, 6.07) is 0.636. The van der Waals surface area contributed by atoms with Gasteiger partial charge in [0.2, 0.25) is 0 Å². The first kappa shape index (κ1) is 12.3. The van der Waals surface area contributed by atoms with Gasteiger partial charge in [0, 0.05) is 25.0 Å². The van der Waals surface area contributed by atoms with Crippen molar-refractivity contribution in [3.63, 3.8) is 0 Å². The van der Waals surface area contributed by atoms with E-state index in [-0.39, 0.29) is 0 Å². The molecule has 1 aromatic rings. The fourth-order valence-corrected chi connectivity index (χ4v) is 2.62. The summed E-state index contributed by atoms with van der Waals surface area (Å²) in [5.74, 6) is 1.05. The quantitative estimate of drug-likeness (QED) is 0.845. The second kappa shape index (κ2) is 5.96. The first-order valence-corrected chi connectivity index (χ1v) is 6.57. The molecule has 0 atom stereocenters. The molecule has 94 valence electrons. The zero-order valence-electron chi connectivity index (χ0n) is 10.6. The first-order valence-electron chi connectivity index (χ1n) is 6.57. The van der Waals surface area contributed by atoms with Crippen molar-refractivity contribution >= 4 is 5.82 Å². The monoisotopic (exact) mass is 234 g/mol. The van der Waals surface area contributed by atoms with Gasteiger partial charge in [-0.1, -0.05) is 12.8 Å². The minimum atomic E-state index is 0.636. The molecule has 1 fully saturated rings. The smallest absolute Gasteiger partial charge is 0.150 e. The molecule has 2 N–H and O–H groups in total. The van der Waals surface area contributed by atoms with E-state index in [4.69, 9.17) is 5.73 Å². The average Bonchev–Trinajstić information content (AvgIpc) is 2.85. The third-order valence-electron chi connectivity index (χ3n) is 3.50. The van der Waals surface area contributed by atoms with Gasteiger partial charge in [-0.05, 0) is 32.7 Å². The molecule has 0 amide bonds. The van der Waals surface area contributed by atoms with Gasteiger partial charge in [0.15, 0.2) is 0 Å². The van der Waals surface area contributed by atoms with Gasteiger partial charge >= 0.3 is 0 Å². The number of aromatic nitrogens is 2. The Morgan fingerprint density at radius 2 is 2.00 bits per heavy atom. The lowest BCUT2D eigenvalue weighted by molar-refractivity contribution is 0.584. The van der Waals surface area contributed by atoms with E-state index >= 15 is 0 Å². The standard InChI is InChI=1S/C13H22N4/c1-11-13(16-9-8-15-11)17(10-4-7-14)12-5-2-3-6-12/h8-9,12H,2-7,10,14H2,1H3. The third-order valence-corrected chi connectivity index (χ3v) is 3.50. The molecule has 0 aliphatic heterocycles. The summed E-state index contributed by atoms with van der Waals surface area (Å²) in [7, 11) is 0. The van der Waals surface area contributed by atoms with Crippen molar-refractivity contribution in [3.8, 4) is 0 Å². The predicted molar refractivity (Wildman–Crippen MR) is 70.0 cm³/mol. The Morgan fingerprint density at radius 1 is 1.29 bits per heavy atom. The van der Waals surface area contributed by atoms with Gasteiger partial charge in [-0.15, -0.1) is 0 Å². The van der Waals surface area contributed by atoms with E-state index in [1.54, 1.807) is 12.4 Å². The van der Waals surface area contributed by atoms with Crippen molar-refractivity contribution < 1.29 is 0 Å². The van der Waals surface area contributed by atoms with E-state index in [0.717, 1.165) is 31.0 Å². The number of hydrogen-bond acceptors (Lipinski definition) is 4. The summed E-state index contributed by atoms with van der Waals surface area (Å²) in [5.41, 5.74) is 6.65. The Labute approximate surface area is 103 Å². The molecule has 0 bridgehead atoms. The van der Waals surface area contributed by atoms with Crippen molar-refractivity contribution in [3.05, 3.63) is 18.1 Å². The number of nitrogens with two attached hydrogens (primary N) is 1. The molecular weight excluding hydrogens is 212 g/mol. The molecule has 2 rings (SSSR count). The molecule has 0 saturated heterocycles. The van der Waals surface area contributed by atoms with Gasteiger partial charge < -0.3 is 10.6 Å². The van der Waals surface area contributed by atoms with Crippen LogP contribution in [0.15, 0.2) is 12.4 Å². The Morgan fingerprint density at radius 3 is 2.65 bits per heavy atom. The van der Waals surface area contributed by atoms with E-state index in [1.807, 2.05) is 6.92 Å². The number of nitrogens with zero attached hydrogens (tertiary/aromatic N) is 3. The van der Waals surface area contributed by atoms with Gasteiger partial charge in [0.05, 0.1) is 5.69 Å². The molecular formula is C13H22N4. The Balaban J connectivity index is 2.16. The minimum Gasteiger partial charge on any atom is -0.352 e. The van der Waals surface area contributed by atoms with Crippen LogP contribution in [-0.4, -0.2) is 29.1 Å². The molecule has 1 aromatic heterocycles. The highest BCUT2D eigenvalue weighted by molar-refractivity contribution is 5.43. The zero-order chi connectivity index (χ0) is 12.1. The van der Waals surface area contributed by atoms with Gasteiger partial charge in [0.1, 0.15) is 5.82 Å². The summed E-state index contributed by atoms with van der Waals surface area (Å²) in [5, 5.41) is 0. The van der Waals surface area contributed by atoms with E-state index in [2.05, 4.69) is 14.9 Å². The normalized spacial score (nSPS) is 16.4. The molecule has 4 heteroatoms. The van der Waals surface area contributed by atoms with Gasteiger partial charge in [-0.25, -0.2) is 4.98 Å². The van der Waals surface area contributed by atoms with Crippen molar-refractivity contribution in [1.82, 2.24) is 9.97 Å². The van der Waals surface area contributed by atoms with Crippen LogP contribution in [0.2, 0.25) is 0 Å². The van der Waals surface area contributed by atoms with Crippen molar-refractivity contribution in [2.75, 3.05) is 18.0 Å². The predicted octanol–water partition coefficient (Wildman–Crippen LogP) is 1.88. The molecule has 17 heavy (non-hydrogen) atoms. The molecule has 0 spiro atoms. The van der Waals surface area contributed by atoms with Crippen LogP contribution in [0.1, 0.15) is 37.8 Å². The molecule has 0 radical (unpaired) electrons. The van der Waals surface area contributed by atoms with Crippen LogP contribution in [0.4, 0.5) is 5.82 Å². The number of anilines is 1. The number of aryl methyl sites for hydroxylation is 1. The van der Waals surface area contributed by atoms with Gasteiger partial charge in [-0.3, -0.25) is 4.98 Å². The fourth-order valence-electron chi connectivity index (χ4n) is 2.62. The van der Waals surface area contributed by atoms with E-state index < -0.39 is 0 Å². The molecule has 4 nitrogen and oxygen atoms in total. The third kappa shape index (κ3) is 2.94. The second-order valence-corrected chi connectivity index (χ2v) is 4.74. The van der Waals surface area contributed by atoms with E-state index in [1.165, 1.54) is 25.7 Å².